The van der Waals surface area contributed by atoms with Crippen molar-refractivity contribution in [3.8, 4) is 0 Å². The molecule has 1 N–H and O–H groups in total. The van der Waals surface area contributed by atoms with Crippen LogP contribution in [-0.4, -0.2) is 47.2 Å². The van der Waals surface area contributed by atoms with Crippen molar-refractivity contribution in [3.63, 3.8) is 0 Å². The average Bonchev–Trinajstić information content (AvgIpc) is 2.76. The molecule has 1 saturated heterocycles. The maximum atomic E-state index is 11.3. The molecule has 8 heteroatoms. The molecule has 1 fully saturated rings. The van der Waals surface area contributed by atoms with E-state index in [1.165, 1.54) is 0 Å². The maximum Gasteiger partial charge on any atom is 0.165 e. The van der Waals surface area contributed by atoms with Crippen LogP contribution in [0.1, 0.15) is 12.2 Å². The predicted molar refractivity (Wildman–Crippen MR) is 57.3 cm³/mol. The normalized spacial score (nSPS) is 23.7. The van der Waals surface area contributed by atoms with Crippen LogP contribution in [0.4, 0.5) is 0 Å². The third kappa shape index (κ3) is 2.56. The first-order valence-electron chi connectivity index (χ1n) is 5.21. The molecule has 0 saturated carbocycles. The number of rotatable bonds is 4. The van der Waals surface area contributed by atoms with Gasteiger partial charge in [0, 0.05) is 6.54 Å². The molecule has 90 valence electrons. The fourth-order valence-corrected chi connectivity index (χ4v) is 3.76. The van der Waals surface area contributed by atoms with E-state index in [2.05, 4.69) is 20.8 Å². The summed E-state index contributed by atoms with van der Waals surface area (Å²) in [5, 5.41) is 14.3. The van der Waals surface area contributed by atoms with E-state index >= 15 is 0 Å². The Bertz CT molecular complexity index is 455. The fraction of sp³-hybridized carbons (Fsp3) is 0.875. The number of nitrogens with zero attached hydrogens (tertiary/aromatic N) is 4. The molecule has 1 aromatic rings. The van der Waals surface area contributed by atoms with Crippen LogP contribution in [0, 0.1) is 5.92 Å². The Hall–Kier alpha value is -1.02. The zero-order valence-electron chi connectivity index (χ0n) is 9.13. The highest BCUT2D eigenvalue weighted by Crippen LogP contribution is 2.19. The van der Waals surface area contributed by atoms with E-state index < -0.39 is 9.84 Å². The molecule has 1 aromatic heterocycles. The minimum atomic E-state index is -2.82. The Labute approximate surface area is 94.1 Å². The van der Waals surface area contributed by atoms with Gasteiger partial charge in [-0.25, -0.2) is 13.1 Å². The molecule has 16 heavy (non-hydrogen) atoms. The van der Waals surface area contributed by atoms with Crippen LogP contribution in [0.2, 0.25) is 0 Å². The summed E-state index contributed by atoms with van der Waals surface area (Å²) in [6.07, 6.45) is 0.710. The molecule has 0 bridgehead atoms. The van der Waals surface area contributed by atoms with E-state index in [1.807, 2.05) is 7.05 Å². The van der Waals surface area contributed by atoms with Gasteiger partial charge in [0.05, 0.1) is 18.1 Å². The maximum absolute atomic E-state index is 11.3. The van der Waals surface area contributed by atoms with E-state index in [0.29, 0.717) is 25.3 Å². The number of hydrogen-bond donors (Lipinski definition) is 1. The van der Waals surface area contributed by atoms with Crippen molar-refractivity contribution in [2.75, 3.05) is 18.6 Å². The van der Waals surface area contributed by atoms with Crippen LogP contribution in [-0.2, 0) is 22.9 Å². The first-order valence-corrected chi connectivity index (χ1v) is 7.03. The van der Waals surface area contributed by atoms with Gasteiger partial charge in [-0.15, -0.1) is 5.10 Å². The van der Waals surface area contributed by atoms with Gasteiger partial charge in [0.25, 0.3) is 0 Å². The quantitative estimate of drug-likeness (QED) is 0.718. The summed E-state index contributed by atoms with van der Waals surface area (Å²) >= 11 is 0. The van der Waals surface area contributed by atoms with E-state index in [9.17, 15) is 8.42 Å². The van der Waals surface area contributed by atoms with Gasteiger partial charge in [0.15, 0.2) is 15.7 Å². The van der Waals surface area contributed by atoms with Gasteiger partial charge >= 0.3 is 0 Å². The highest BCUT2D eigenvalue weighted by molar-refractivity contribution is 7.91. The topological polar surface area (TPSA) is 89.8 Å². The molecule has 7 nitrogen and oxygen atoms in total. The van der Waals surface area contributed by atoms with Gasteiger partial charge in [0.1, 0.15) is 0 Å². The molecule has 1 aliphatic heterocycles. The van der Waals surface area contributed by atoms with Crippen molar-refractivity contribution < 1.29 is 8.42 Å². The van der Waals surface area contributed by atoms with Gasteiger partial charge in [-0.1, -0.05) is 0 Å². The Morgan fingerprint density at radius 2 is 2.38 bits per heavy atom. The monoisotopic (exact) mass is 245 g/mol. The summed E-state index contributed by atoms with van der Waals surface area (Å²) in [6.45, 7) is 1.18. The summed E-state index contributed by atoms with van der Waals surface area (Å²) in [4.78, 5) is 0. The van der Waals surface area contributed by atoms with E-state index in [0.717, 1.165) is 5.82 Å². The van der Waals surface area contributed by atoms with Gasteiger partial charge in [-0.05, 0) is 29.8 Å². The van der Waals surface area contributed by atoms with Crippen LogP contribution < -0.4 is 5.32 Å². The zero-order valence-corrected chi connectivity index (χ0v) is 9.94. The fourth-order valence-electron chi connectivity index (χ4n) is 1.91. The second kappa shape index (κ2) is 4.46. The lowest BCUT2D eigenvalue weighted by Crippen LogP contribution is -2.18. The van der Waals surface area contributed by atoms with Gasteiger partial charge in [-0.2, -0.15) is 0 Å². The summed E-state index contributed by atoms with van der Waals surface area (Å²) in [5.74, 6) is 1.43. The van der Waals surface area contributed by atoms with E-state index in [-0.39, 0.29) is 11.7 Å². The Morgan fingerprint density at radius 3 is 3.00 bits per heavy atom. The second-order valence-electron chi connectivity index (χ2n) is 4.08. The number of tetrazole rings is 1. The minimum Gasteiger partial charge on any atom is -0.313 e. The first kappa shape index (κ1) is 11.5. The second-order valence-corrected chi connectivity index (χ2v) is 6.31. The van der Waals surface area contributed by atoms with Gasteiger partial charge in [0.2, 0.25) is 0 Å². The first-order chi connectivity index (χ1) is 7.61. The van der Waals surface area contributed by atoms with E-state index in [1.54, 1.807) is 4.68 Å². The molecule has 1 unspecified atom stereocenters. The number of sulfone groups is 1. The minimum absolute atomic E-state index is 0.143. The van der Waals surface area contributed by atoms with Crippen molar-refractivity contribution >= 4 is 9.84 Å². The molecule has 0 spiro atoms. The molecule has 0 aliphatic carbocycles. The lowest BCUT2D eigenvalue weighted by molar-refractivity contribution is 0.434. The molecule has 0 radical (unpaired) electrons. The molecule has 0 aromatic carbocycles. The predicted octanol–water partition coefficient (Wildman–Crippen LogP) is -1.17. The van der Waals surface area contributed by atoms with Crippen molar-refractivity contribution in [2.24, 2.45) is 5.92 Å². The van der Waals surface area contributed by atoms with Crippen LogP contribution in [0.15, 0.2) is 0 Å². The smallest absolute Gasteiger partial charge is 0.165 e. The highest BCUT2D eigenvalue weighted by atomic mass is 32.2. The van der Waals surface area contributed by atoms with Crippen LogP contribution >= 0.6 is 0 Å². The Morgan fingerprint density at radius 1 is 1.56 bits per heavy atom. The largest absolute Gasteiger partial charge is 0.313 e. The summed E-state index contributed by atoms with van der Waals surface area (Å²) in [5.41, 5.74) is 0. The van der Waals surface area contributed by atoms with Crippen LogP contribution in [0.25, 0.3) is 0 Å². The highest BCUT2D eigenvalue weighted by Gasteiger charge is 2.28. The number of nitrogens with one attached hydrogen (secondary N) is 1. The molecule has 1 atom stereocenters. The van der Waals surface area contributed by atoms with Crippen molar-refractivity contribution in [1.29, 1.82) is 0 Å². The van der Waals surface area contributed by atoms with Crippen molar-refractivity contribution in [3.05, 3.63) is 5.82 Å². The Kier molecular flexibility index (Phi) is 3.20. The molecule has 2 heterocycles. The van der Waals surface area contributed by atoms with Crippen molar-refractivity contribution in [2.45, 2.75) is 19.5 Å². The van der Waals surface area contributed by atoms with Gasteiger partial charge < -0.3 is 5.32 Å². The van der Waals surface area contributed by atoms with Crippen LogP contribution in [0.5, 0.6) is 0 Å². The van der Waals surface area contributed by atoms with Crippen molar-refractivity contribution in [1.82, 2.24) is 25.5 Å². The van der Waals surface area contributed by atoms with Crippen LogP contribution in [0.3, 0.4) is 0 Å². The molecular formula is C8H15N5O2S. The van der Waals surface area contributed by atoms with Gasteiger partial charge in [-0.3, -0.25) is 0 Å². The van der Waals surface area contributed by atoms with E-state index in [4.69, 9.17) is 0 Å². The zero-order chi connectivity index (χ0) is 11.6. The third-order valence-corrected chi connectivity index (χ3v) is 4.54. The average molecular weight is 245 g/mol. The standard InChI is InChI=1S/C8H15N5O2S/c1-9-4-8-10-11-12-13(8)5-7-2-3-16(14,15)6-7/h7,9H,2-6H2,1H3. The number of aromatic nitrogens is 4. The SMILES string of the molecule is CNCc1nnnn1CC1CCS(=O)(=O)C1. The molecular weight excluding hydrogens is 230 g/mol. The summed E-state index contributed by atoms with van der Waals surface area (Å²) < 4.78 is 24.3. The number of hydrogen-bond acceptors (Lipinski definition) is 6. The molecule has 2 rings (SSSR count). The molecule has 0 amide bonds. The lowest BCUT2D eigenvalue weighted by Gasteiger charge is -2.08. The third-order valence-electron chi connectivity index (χ3n) is 2.70. The lowest BCUT2D eigenvalue weighted by atomic mass is 10.1. The summed E-state index contributed by atoms with van der Waals surface area (Å²) in [6, 6.07) is 0. The summed E-state index contributed by atoms with van der Waals surface area (Å²) in [7, 11) is -1.00. The molecule has 1 aliphatic rings. The Balaban J connectivity index is 2.02.